The first kappa shape index (κ1) is 10.6. The molecule has 0 unspecified atom stereocenters. The summed E-state index contributed by atoms with van der Waals surface area (Å²) >= 11 is 0. The first-order valence-corrected chi connectivity index (χ1v) is 4.50. The van der Waals surface area contributed by atoms with Crippen LogP contribution in [0, 0.1) is 0 Å². The first-order valence-electron chi connectivity index (χ1n) is 4.50. The number of fused-ring (bicyclic) bond motifs is 3. The molecule has 2 heterocycles. The van der Waals surface area contributed by atoms with Crippen molar-refractivity contribution in [3.8, 4) is 0 Å². The first-order chi connectivity index (χ1) is 7.25. The van der Waals surface area contributed by atoms with Crippen LogP contribution in [0.5, 0.6) is 0 Å². The van der Waals surface area contributed by atoms with E-state index >= 15 is 0 Å². The largest absolute Gasteiger partial charge is 0.318 e. The number of halogens is 1. The Hall–Kier alpha value is -1.94. The molecule has 0 fully saturated rings. The molecule has 2 aliphatic heterocycles. The molecule has 0 aromatic heterocycles. The molecule has 0 atom stereocenters. The molecule has 5 heteroatoms. The fourth-order valence-corrected chi connectivity index (χ4v) is 1.74. The summed E-state index contributed by atoms with van der Waals surface area (Å²) in [5.74, 6) is -1.10. The molecule has 1 aromatic rings. The number of nitrogens with one attached hydrogen (secondary N) is 1. The Kier molecular flexibility index (Phi) is 2.36. The number of anilines is 1. The number of amides is 1. The third-order valence-electron chi connectivity index (χ3n) is 2.46. The smallest absolute Gasteiger partial charge is 0.296 e. The molecule has 3 rings (SSSR count). The monoisotopic (exact) mass is 234 g/mol. The van der Waals surface area contributed by atoms with Crippen LogP contribution in [0.4, 0.5) is 5.69 Å². The molecule has 1 N–H and O–H groups in total. The number of hydrogen-bond acceptors (Lipinski definition) is 3. The Morgan fingerprint density at radius 3 is 2.81 bits per heavy atom. The van der Waals surface area contributed by atoms with E-state index in [1.54, 1.807) is 12.3 Å². The summed E-state index contributed by atoms with van der Waals surface area (Å²) in [7, 11) is 0. The van der Waals surface area contributed by atoms with E-state index in [4.69, 9.17) is 0 Å². The lowest BCUT2D eigenvalue weighted by Gasteiger charge is -2.11. The van der Waals surface area contributed by atoms with Gasteiger partial charge in [-0.15, -0.1) is 12.4 Å². The predicted molar refractivity (Wildman–Crippen MR) is 61.6 cm³/mol. The summed E-state index contributed by atoms with van der Waals surface area (Å²) in [5, 5.41) is 4.13. The van der Waals surface area contributed by atoms with Gasteiger partial charge < -0.3 is 5.32 Å². The van der Waals surface area contributed by atoms with E-state index in [1.165, 1.54) is 6.08 Å². The normalized spacial score (nSPS) is 15.2. The third kappa shape index (κ3) is 1.35. The second-order valence-corrected chi connectivity index (χ2v) is 3.37. The zero-order chi connectivity index (χ0) is 10.4. The molecular formula is C11H7ClN2O2. The van der Waals surface area contributed by atoms with Crippen LogP contribution in [-0.2, 0) is 9.59 Å². The second kappa shape index (κ2) is 3.57. The van der Waals surface area contributed by atoms with E-state index in [2.05, 4.69) is 10.3 Å². The lowest BCUT2D eigenvalue weighted by Crippen LogP contribution is -2.33. The minimum Gasteiger partial charge on any atom is -0.318 e. The van der Waals surface area contributed by atoms with E-state index in [-0.39, 0.29) is 12.4 Å². The van der Waals surface area contributed by atoms with E-state index in [0.717, 1.165) is 16.1 Å². The van der Waals surface area contributed by atoms with Crippen LogP contribution in [-0.4, -0.2) is 11.7 Å². The summed E-state index contributed by atoms with van der Waals surface area (Å²) in [6, 6.07) is 3.61. The van der Waals surface area contributed by atoms with E-state index in [9.17, 15) is 9.59 Å². The van der Waals surface area contributed by atoms with Crippen molar-refractivity contribution in [3.63, 3.8) is 0 Å². The van der Waals surface area contributed by atoms with Crippen LogP contribution >= 0.6 is 12.4 Å². The highest BCUT2D eigenvalue weighted by Gasteiger charge is 2.19. The maximum Gasteiger partial charge on any atom is 0.296 e. The number of carbonyl (C=O) groups is 2. The Morgan fingerprint density at radius 1 is 1.19 bits per heavy atom. The topological polar surface area (TPSA) is 58.5 Å². The summed E-state index contributed by atoms with van der Waals surface area (Å²) in [6.45, 7) is 0. The molecule has 4 nitrogen and oxygen atoms in total. The lowest BCUT2D eigenvalue weighted by atomic mass is 10.1. The maximum atomic E-state index is 11.2. The molecule has 0 spiro atoms. The molecule has 1 aromatic carbocycles. The summed E-state index contributed by atoms with van der Waals surface area (Å²) in [6.07, 6.45) is 4.84. The number of ketones is 1. The Labute approximate surface area is 96.8 Å². The van der Waals surface area contributed by atoms with E-state index in [0.29, 0.717) is 5.69 Å². The molecule has 80 valence electrons. The van der Waals surface area contributed by atoms with Gasteiger partial charge in [0.05, 0.1) is 11.0 Å². The minimum atomic E-state index is -0.587. The highest BCUT2D eigenvalue weighted by atomic mass is 35.5. The van der Waals surface area contributed by atoms with Crippen molar-refractivity contribution in [1.82, 2.24) is 0 Å². The van der Waals surface area contributed by atoms with Crippen molar-refractivity contribution in [1.29, 1.82) is 0 Å². The van der Waals surface area contributed by atoms with Gasteiger partial charge in [0.1, 0.15) is 0 Å². The molecule has 0 saturated carbocycles. The van der Waals surface area contributed by atoms with Crippen LogP contribution < -0.4 is 15.9 Å². The molecule has 0 bridgehead atoms. The van der Waals surface area contributed by atoms with Crippen molar-refractivity contribution in [3.05, 3.63) is 34.5 Å². The summed E-state index contributed by atoms with van der Waals surface area (Å²) < 4.78 is 0. The van der Waals surface area contributed by atoms with Gasteiger partial charge in [-0.25, -0.2) is 0 Å². The number of carbonyl (C=O) groups excluding carboxylic acids is 2. The van der Waals surface area contributed by atoms with E-state index in [1.807, 2.05) is 12.1 Å². The van der Waals surface area contributed by atoms with Crippen LogP contribution in [0.25, 0.3) is 12.2 Å². The quantitative estimate of drug-likeness (QED) is 0.643. The second-order valence-electron chi connectivity index (χ2n) is 3.37. The van der Waals surface area contributed by atoms with Crippen molar-refractivity contribution in [2.75, 3.05) is 5.32 Å². The van der Waals surface area contributed by atoms with Crippen LogP contribution in [0.3, 0.4) is 0 Å². The van der Waals surface area contributed by atoms with Gasteiger partial charge in [0.15, 0.2) is 0 Å². The number of benzene rings is 1. The van der Waals surface area contributed by atoms with Gasteiger partial charge in [0.25, 0.3) is 5.91 Å². The van der Waals surface area contributed by atoms with Gasteiger partial charge in [-0.2, -0.15) is 0 Å². The van der Waals surface area contributed by atoms with Gasteiger partial charge in [-0.1, -0.05) is 6.07 Å². The lowest BCUT2D eigenvalue weighted by molar-refractivity contribution is -0.131. The molecule has 0 saturated heterocycles. The van der Waals surface area contributed by atoms with E-state index < -0.39 is 11.7 Å². The molecule has 16 heavy (non-hydrogen) atoms. The maximum absolute atomic E-state index is 11.2. The average Bonchev–Trinajstić information content (AvgIpc) is 2.68. The molecule has 1 amide bonds. The highest BCUT2D eigenvalue weighted by molar-refractivity contribution is 6.52. The van der Waals surface area contributed by atoms with Crippen molar-refractivity contribution < 1.29 is 9.59 Å². The fourth-order valence-electron chi connectivity index (χ4n) is 1.74. The van der Waals surface area contributed by atoms with Crippen molar-refractivity contribution >= 4 is 41.9 Å². The number of nitrogens with zero attached hydrogens (tertiary/aromatic N) is 1. The zero-order valence-corrected chi connectivity index (χ0v) is 8.88. The fraction of sp³-hybridized carbons (Fsp3) is 0. The number of rotatable bonds is 0. The van der Waals surface area contributed by atoms with Crippen LogP contribution in [0.2, 0.25) is 0 Å². The van der Waals surface area contributed by atoms with Gasteiger partial charge in [0, 0.05) is 23.1 Å². The third-order valence-corrected chi connectivity index (χ3v) is 2.46. The number of hydrogen-bond donors (Lipinski definition) is 1. The summed E-state index contributed by atoms with van der Waals surface area (Å²) in [4.78, 5) is 26.5. The summed E-state index contributed by atoms with van der Waals surface area (Å²) in [5.41, 5.74) is 1.54. The highest BCUT2D eigenvalue weighted by Crippen LogP contribution is 2.13. The SMILES string of the molecule is Cl.O=C1C=c2ccc3c(c2NC1=O)C=CN=3. The minimum absolute atomic E-state index is 0. The molecule has 2 aliphatic rings. The number of Topliss-reactive ketones (excluding diaryl/α,β-unsaturated/α-hetero) is 1. The van der Waals surface area contributed by atoms with Crippen molar-refractivity contribution in [2.24, 2.45) is 4.99 Å². The van der Waals surface area contributed by atoms with Gasteiger partial charge in [0.2, 0.25) is 5.78 Å². The average molecular weight is 235 g/mol. The van der Waals surface area contributed by atoms with Crippen molar-refractivity contribution in [2.45, 2.75) is 0 Å². The molecule has 0 aliphatic carbocycles. The Morgan fingerprint density at radius 2 is 2.00 bits per heavy atom. The Bertz CT molecular complexity index is 647. The predicted octanol–water partition coefficient (Wildman–Crippen LogP) is 0.0140. The molecule has 0 radical (unpaired) electrons. The van der Waals surface area contributed by atoms with Gasteiger partial charge in [-0.3, -0.25) is 14.6 Å². The molecular weight excluding hydrogens is 228 g/mol. The zero-order valence-electron chi connectivity index (χ0n) is 8.06. The Balaban J connectivity index is 0.000000963. The van der Waals surface area contributed by atoms with Crippen LogP contribution in [0.15, 0.2) is 23.3 Å². The van der Waals surface area contributed by atoms with Gasteiger partial charge in [-0.05, 0) is 12.1 Å². The standard InChI is InChI=1S/C11H6N2O2.ClH/c14-9-5-6-1-2-8-7(3-4-12-8)10(6)13-11(9)15;/h1-5H,(H,13,15);1H. The van der Waals surface area contributed by atoms with Crippen LogP contribution in [0.1, 0.15) is 5.56 Å². The van der Waals surface area contributed by atoms with Gasteiger partial charge >= 0.3 is 0 Å².